The maximum absolute atomic E-state index is 9.91. The van der Waals surface area contributed by atoms with E-state index in [-0.39, 0.29) is 0 Å². The smallest absolute Gasteiger partial charge is 0.224 e. The van der Waals surface area contributed by atoms with Gasteiger partial charge in [0.15, 0.2) is 12.4 Å². The molecule has 0 aromatic rings. The van der Waals surface area contributed by atoms with E-state index < -0.39 is 36.2 Å². The van der Waals surface area contributed by atoms with E-state index in [0.29, 0.717) is 6.61 Å². The van der Waals surface area contributed by atoms with Crippen LogP contribution in [0.3, 0.4) is 0 Å². The summed E-state index contributed by atoms with van der Waals surface area (Å²) in [5.74, 6) is -0.392. The first-order valence-corrected chi connectivity index (χ1v) is 7.65. The summed E-state index contributed by atoms with van der Waals surface area (Å²) in [4.78, 5) is 3.42. The largest absolute Gasteiger partial charge is 0.495 e. The second-order valence-electron chi connectivity index (χ2n) is 5.71. The SMILES string of the molecule is CCCCCCCCO[C@@H]1OC2C(O)=N[C@]2(O)C(O)C1O. The molecule has 21 heavy (non-hydrogen) atoms. The van der Waals surface area contributed by atoms with Crippen LogP contribution < -0.4 is 0 Å². The summed E-state index contributed by atoms with van der Waals surface area (Å²) in [5, 5.41) is 39.0. The molecule has 7 heteroatoms. The van der Waals surface area contributed by atoms with E-state index in [9.17, 15) is 20.4 Å². The maximum Gasteiger partial charge on any atom is 0.224 e. The lowest BCUT2D eigenvalue weighted by molar-refractivity contribution is -0.323. The van der Waals surface area contributed by atoms with Gasteiger partial charge < -0.3 is 29.9 Å². The van der Waals surface area contributed by atoms with E-state index in [1.54, 1.807) is 0 Å². The number of hydrogen-bond donors (Lipinski definition) is 4. The second-order valence-corrected chi connectivity index (χ2v) is 5.71. The highest BCUT2D eigenvalue weighted by atomic mass is 16.7. The Morgan fingerprint density at radius 1 is 1.19 bits per heavy atom. The van der Waals surface area contributed by atoms with Crippen LogP contribution >= 0.6 is 0 Å². The van der Waals surface area contributed by atoms with Crippen molar-refractivity contribution < 1.29 is 29.9 Å². The van der Waals surface area contributed by atoms with Crippen LogP contribution in [0.15, 0.2) is 4.99 Å². The van der Waals surface area contributed by atoms with Crippen molar-refractivity contribution in [3.8, 4) is 0 Å². The minimum atomic E-state index is -1.97. The average Bonchev–Trinajstić information content (AvgIpc) is 2.46. The Morgan fingerprint density at radius 2 is 1.86 bits per heavy atom. The zero-order valence-corrected chi connectivity index (χ0v) is 12.3. The third-order valence-corrected chi connectivity index (χ3v) is 4.00. The molecule has 5 atom stereocenters. The van der Waals surface area contributed by atoms with Gasteiger partial charge in [-0.15, -0.1) is 0 Å². The zero-order chi connectivity index (χ0) is 15.5. The molecule has 122 valence electrons. The van der Waals surface area contributed by atoms with E-state index in [4.69, 9.17) is 9.47 Å². The molecule has 1 saturated heterocycles. The quantitative estimate of drug-likeness (QED) is 0.485. The van der Waals surface area contributed by atoms with Crippen LogP contribution in [0.5, 0.6) is 0 Å². The average molecular weight is 303 g/mol. The number of nitrogens with zero attached hydrogens (tertiary/aromatic N) is 1. The minimum Gasteiger partial charge on any atom is -0.495 e. The van der Waals surface area contributed by atoms with Crippen molar-refractivity contribution in [2.75, 3.05) is 6.61 Å². The highest BCUT2D eigenvalue weighted by Gasteiger charge is 2.63. The number of fused-ring (bicyclic) bond motifs is 1. The molecule has 0 amide bonds. The molecule has 4 N–H and O–H groups in total. The molecular weight excluding hydrogens is 278 g/mol. The van der Waals surface area contributed by atoms with Crippen LogP contribution in [-0.4, -0.2) is 63.3 Å². The molecule has 0 bridgehead atoms. The fraction of sp³-hybridized carbons (Fsp3) is 0.929. The third kappa shape index (κ3) is 3.37. The Bertz CT molecular complexity index is 376. The first-order chi connectivity index (χ1) is 10.0. The molecule has 0 spiro atoms. The molecule has 2 aliphatic heterocycles. The molecule has 0 saturated carbocycles. The summed E-state index contributed by atoms with van der Waals surface area (Å²) in [6.07, 6.45) is 1.50. The molecule has 7 nitrogen and oxygen atoms in total. The zero-order valence-electron chi connectivity index (χ0n) is 12.3. The number of aliphatic imine (C=N–C) groups is 1. The Balaban J connectivity index is 1.71. The molecular formula is C14H25NO6. The van der Waals surface area contributed by atoms with E-state index in [1.807, 2.05) is 0 Å². The van der Waals surface area contributed by atoms with Crippen LogP contribution in [0.25, 0.3) is 0 Å². The monoisotopic (exact) mass is 303 g/mol. The van der Waals surface area contributed by atoms with Crippen LogP contribution in [0.4, 0.5) is 0 Å². The first-order valence-electron chi connectivity index (χ1n) is 7.65. The lowest BCUT2D eigenvalue weighted by atomic mass is 9.88. The third-order valence-electron chi connectivity index (χ3n) is 4.00. The van der Waals surface area contributed by atoms with Crippen molar-refractivity contribution in [1.29, 1.82) is 0 Å². The van der Waals surface area contributed by atoms with Gasteiger partial charge in [0.05, 0.1) is 0 Å². The number of aliphatic hydroxyl groups is 4. The van der Waals surface area contributed by atoms with Gasteiger partial charge in [0.2, 0.25) is 11.6 Å². The first kappa shape index (κ1) is 16.6. The Morgan fingerprint density at radius 3 is 2.52 bits per heavy atom. The minimum absolute atomic E-state index is 0.392. The predicted octanol–water partition coefficient (Wildman–Crippen LogP) is 0.469. The van der Waals surface area contributed by atoms with Crippen LogP contribution in [0.2, 0.25) is 0 Å². The number of aliphatic hydroxyl groups excluding tert-OH is 3. The number of rotatable bonds is 8. The van der Waals surface area contributed by atoms with Crippen LogP contribution in [0, 0.1) is 0 Å². The molecule has 0 aromatic heterocycles. The second kappa shape index (κ2) is 7.02. The van der Waals surface area contributed by atoms with Gasteiger partial charge in [-0.25, -0.2) is 4.99 Å². The Kier molecular flexibility index (Phi) is 5.56. The van der Waals surface area contributed by atoms with Crippen LogP contribution in [-0.2, 0) is 9.47 Å². The summed E-state index contributed by atoms with van der Waals surface area (Å²) < 4.78 is 10.7. The summed E-state index contributed by atoms with van der Waals surface area (Å²) >= 11 is 0. The van der Waals surface area contributed by atoms with Crippen molar-refractivity contribution in [3.05, 3.63) is 0 Å². The molecule has 3 unspecified atom stereocenters. The van der Waals surface area contributed by atoms with Gasteiger partial charge in [0.25, 0.3) is 0 Å². The van der Waals surface area contributed by atoms with E-state index >= 15 is 0 Å². The molecule has 0 radical (unpaired) electrons. The van der Waals surface area contributed by atoms with Gasteiger partial charge in [-0.1, -0.05) is 39.0 Å². The number of ether oxygens (including phenoxy) is 2. The maximum atomic E-state index is 9.91. The standard InChI is InChI=1S/C14H25NO6/c1-2-3-4-5-6-7-8-20-13-9(16)10(17)14(19)11(21-13)12(18)15-14/h9-11,13,16-17,19H,2-8H2,1H3,(H,15,18)/t9?,10?,11?,13-,14+/m1/s1. The highest BCUT2D eigenvalue weighted by molar-refractivity contribution is 5.86. The van der Waals surface area contributed by atoms with Gasteiger partial charge >= 0.3 is 0 Å². The summed E-state index contributed by atoms with van der Waals surface area (Å²) in [6, 6.07) is 0. The van der Waals surface area contributed by atoms with Crippen molar-refractivity contribution in [2.24, 2.45) is 4.99 Å². The van der Waals surface area contributed by atoms with E-state index in [0.717, 1.165) is 19.3 Å². The summed E-state index contributed by atoms with van der Waals surface area (Å²) in [7, 11) is 0. The van der Waals surface area contributed by atoms with E-state index in [2.05, 4.69) is 11.9 Å². The van der Waals surface area contributed by atoms with Crippen molar-refractivity contribution >= 4 is 5.90 Å². The predicted molar refractivity (Wildman–Crippen MR) is 75.0 cm³/mol. The molecule has 2 rings (SSSR count). The van der Waals surface area contributed by atoms with Crippen molar-refractivity contribution in [1.82, 2.24) is 0 Å². The molecule has 2 heterocycles. The number of unbranched alkanes of at least 4 members (excludes halogenated alkanes) is 5. The van der Waals surface area contributed by atoms with Gasteiger partial charge in [-0.3, -0.25) is 0 Å². The lowest BCUT2D eigenvalue weighted by Gasteiger charge is -2.49. The molecule has 0 aromatic carbocycles. The summed E-state index contributed by atoms with van der Waals surface area (Å²) in [6.45, 7) is 2.56. The molecule has 0 aliphatic carbocycles. The Labute approximate surface area is 124 Å². The molecule has 2 aliphatic rings. The fourth-order valence-corrected chi connectivity index (χ4v) is 2.64. The summed E-state index contributed by atoms with van der Waals surface area (Å²) in [5.41, 5.74) is -1.97. The normalized spacial score (nSPS) is 38.6. The number of hydrogen-bond acceptors (Lipinski definition) is 6. The molecule has 1 fully saturated rings. The van der Waals surface area contributed by atoms with Crippen LogP contribution in [0.1, 0.15) is 45.4 Å². The van der Waals surface area contributed by atoms with Crippen molar-refractivity contribution in [2.45, 2.75) is 75.8 Å². The Hall–Kier alpha value is -0.730. The van der Waals surface area contributed by atoms with Gasteiger partial charge in [-0.2, -0.15) is 0 Å². The van der Waals surface area contributed by atoms with E-state index in [1.165, 1.54) is 19.3 Å². The highest BCUT2D eigenvalue weighted by Crippen LogP contribution is 2.38. The lowest BCUT2D eigenvalue weighted by Crippen LogP contribution is -2.72. The van der Waals surface area contributed by atoms with Gasteiger partial charge in [0.1, 0.15) is 12.2 Å². The fourth-order valence-electron chi connectivity index (χ4n) is 2.64. The van der Waals surface area contributed by atoms with Gasteiger partial charge in [0, 0.05) is 6.61 Å². The van der Waals surface area contributed by atoms with Crippen molar-refractivity contribution in [3.63, 3.8) is 0 Å². The van der Waals surface area contributed by atoms with Gasteiger partial charge in [-0.05, 0) is 6.42 Å². The topological polar surface area (TPSA) is 112 Å².